The molecule has 43 heavy (non-hydrogen) atoms. The van der Waals surface area contributed by atoms with Crippen molar-refractivity contribution in [3.8, 4) is 28.1 Å². The van der Waals surface area contributed by atoms with E-state index in [1.165, 1.54) is 11.8 Å². The number of benzene rings is 1. The number of nitrogens with one attached hydrogen (secondary N) is 2. The lowest BCUT2D eigenvalue weighted by Gasteiger charge is -2.13. The number of aromatic nitrogens is 6. The van der Waals surface area contributed by atoms with E-state index in [1.807, 2.05) is 16.7 Å². The summed E-state index contributed by atoms with van der Waals surface area (Å²) in [7, 11) is 6.20. The van der Waals surface area contributed by atoms with Crippen LogP contribution in [0, 0.1) is 5.95 Å². The minimum absolute atomic E-state index is 0.0830. The Labute approximate surface area is 245 Å². The maximum absolute atomic E-state index is 15.0. The monoisotopic (exact) mass is 592 g/mol. The van der Waals surface area contributed by atoms with Crippen LogP contribution in [0.25, 0.3) is 44.5 Å². The molecule has 0 saturated heterocycles. The van der Waals surface area contributed by atoms with E-state index in [1.54, 1.807) is 50.2 Å². The topological polar surface area (TPSA) is 164 Å². The van der Waals surface area contributed by atoms with Crippen molar-refractivity contribution >= 4 is 34.1 Å². The van der Waals surface area contributed by atoms with Crippen LogP contribution in [0.1, 0.15) is 31.7 Å². The molecule has 14 heteroatoms. The number of hydrogen-bond acceptors (Lipinski definition) is 7. The highest BCUT2D eigenvalue weighted by molar-refractivity contribution is 6.14. The fourth-order valence-corrected chi connectivity index (χ4v) is 5.54. The number of ether oxygens (including phenoxy) is 2. The molecule has 1 saturated carbocycles. The van der Waals surface area contributed by atoms with E-state index < -0.39 is 12.0 Å². The Hall–Kier alpha value is -5.14. The Kier molecular flexibility index (Phi) is 8.19. The standard InChI is InChI=1S/C27H28FN7O3.C2H5NO2/c1-29-20(36)14-38-17-10-8-15(9-11-17)21-22-24-19(34(3)27(37)35(24)16-6-4-5-7-16)12-30-26(22)31-23(21)18-13-33(2)32-25(18)28;1-5-2(3)4/h8-13,16H,4-7,14H2,1-3H3,(H,29,36)(H,30,31);1H3,(H2,3,4). The van der Waals surface area contributed by atoms with Gasteiger partial charge in [0.2, 0.25) is 5.95 Å². The number of H-pyrrole nitrogens is 1. The molecule has 4 aromatic heterocycles. The van der Waals surface area contributed by atoms with Crippen molar-refractivity contribution in [3.63, 3.8) is 0 Å². The minimum atomic E-state index is -0.745. The highest BCUT2D eigenvalue weighted by Gasteiger charge is 2.28. The van der Waals surface area contributed by atoms with Gasteiger partial charge in [-0.3, -0.25) is 18.6 Å². The highest BCUT2D eigenvalue weighted by atomic mass is 19.1. The zero-order valence-corrected chi connectivity index (χ0v) is 24.3. The molecule has 0 unspecified atom stereocenters. The van der Waals surface area contributed by atoms with Crippen LogP contribution in [0.15, 0.2) is 41.5 Å². The van der Waals surface area contributed by atoms with E-state index in [-0.39, 0.29) is 24.2 Å². The van der Waals surface area contributed by atoms with Crippen LogP contribution >= 0.6 is 0 Å². The number of fused-ring (bicyclic) bond motifs is 3. The second-order valence-electron chi connectivity index (χ2n) is 10.3. The maximum atomic E-state index is 15.0. The molecule has 2 amide bonds. The fourth-order valence-electron chi connectivity index (χ4n) is 5.54. The van der Waals surface area contributed by atoms with Crippen molar-refractivity contribution in [1.82, 2.24) is 34.2 Å². The molecular formula is C29H33FN8O5. The number of carbonyl (C=O) groups is 2. The first-order chi connectivity index (χ1) is 20.6. The van der Waals surface area contributed by atoms with Crippen LogP contribution in [0.4, 0.5) is 9.18 Å². The van der Waals surface area contributed by atoms with E-state index in [0.29, 0.717) is 22.7 Å². The highest BCUT2D eigenvalue weighted by Crippen LogP contribution is 2.43. The fraction of sp³-hybridized carbons (Fsp3) is 0.345. The van der Waals surface area contributed by atoms with Gasteiger partial charge < -0.3 is 25.5 Å². The normalized spacial score (nSPS) is 13.2. The Bertz CT molecular complexity index is 1860. The van der Waals surface area contributed by atoms with Gasteiger partial charge >= 0.3 is 11.8 Å². The molecule has 4 heterocycles. The maximum Gasteiger partial charge on any atom is 0.404 e. The third-order valence-corrected chi connectivity index (χ3v) is 7.61. The lowest BCUT2D eigenvalue weighted by Crippen LogP contribution is -2.24. The first-order valence-electron chi connectivity index (χ1n) is 13.7. The number of aromatic amines is 1. The van der Waals surface area contributed by atoms with Crippen LogP contribution in [-0.4, -0.2) is 61.6 Å². The van der Waals surface area contributed by atoms with Crippen LogP contribution in [0.2, 0.25) is 0 Å². The average Bonchev–Trinajstić information content (AvgIpc) is 3.78. The number of carbonyl (C=O) groups excluding carboxylic acids is 2. The van der Waals surface area contributed by atoms with Gasteiger partial charge in [-0.15, -0.1) is 5.10 Å². The number of amides is 2. The van der Waals surface area contributed by atoms with Crippen LogP contribution in [0.5, 0.6) is 5.75 Å². The van der Waals surface area contributed by atoms with Gasteiger partial charge in [-0.05, 0) is 30.5 Å². The van der Waals surface area contributed by atoms with Crippen molar-refractivity contribution in [2.45, 2.75) is 31.7 Å². The second-order valence-corrected chi connectivity index (χ2v) is 10.3. The molecule has 1 fully saturated rings. The van der Waals surface area contributed by atoms with E-state index in [2.05, 4.69) is 30.9 Å². The minimum Gasteiger partial charge on any atom is -0.484 e. The van der Waals surface area contributed by atoms with Crippen molar-refractivity contribution < 1.29 is 23.5 Å². The Balaban J connectivity index is 0.000000682. The summed E-state index contributed by atoms with van der Waals surface area (Å²) in [4.78, 5) is 42.4. The Morgan fingerprint density at radius 2 is 1.86 bits per heavy atom. The first kappa shape index (κ1) is 29.4. The summed E-state index contributed by atoms with van der Waals surface area (Å²) in [5.41, 5.74) is 8.75. The number of hydrogen-bond donors (Lipinski definition) is 3. The van der Waals surface area contributed by atoms with Gasteiger partial charge in [0.05, 0.1) is 41.0 Å². The number of nitrogens with two attached hydrogens (primary N) is 1. The SMILES string of the molecule is CNC(=O)COc1ccc(-c2c(-c3cn(C)nc3F)[nH]c3ncc4c(c23)n(C2CCCC2)c(=O)n4C)cc1.COC(N)=O. The molecule has 6 rings (SSSR count). The van der Waals surface area contributed by atoms with Gasteiger partial charge in [-0.25, -0.2) is 14.6 Å². The van der Waals surface area contributed by atoms with Crippen molar-refractivity contribution in [2.24, 2.45) is 19.8 Å². The van der Waals surface area contributed by atoms with Gasteiger partial charge in [0, 0.05) is 38.9 Å². The Morgan fingerprint density at radius 3 is 2.44 bits per heavy atom. The average molecular weight is 593 g/mol. The quantitative estimate of drug-likeness (QED) is 0.272. The molecule has 13 nitrogen and oxygen atoms in total. The molecule has 0 aliphatic heterocycles. The number of aryl methyl sites for hydroxylation is 2. The molecule has 0 bridgehead atoms. The van der Waals surface area contributed by atoms with Gasteiger partial charge in [-0.2, -0.15) is 4.39 Å². The van der Waals surface area contributed by atoms with E-state index in [9.17, 15) is 14.4 Å². The van der Waals surface area contributed by atoms with Gasteiger partial charge in [-0.1, -0.05) is 25.0 Å². The number of methoxy groups -OCH3 is 1. The Morgan fingerprint density at radius 1 is 1.19 bits per heavy atom. The molecule has 1 aliphatic carbocycles. The number of nitrogens with zero attached hydrogens (tertiary/aromatic N) is 5. The number of imidazole rings is 1. The molecule has 0 atom stereocenters. The lowest BCUT2D eigenvalue weighted by atomic mass is 9.99. The van der Waals surface area contributed by atoms with Crippen LogP contribution in [-0.2, 0) is 23.6 Å². The molecule has 5 aromatic rings. The van der Waals surface area contributed by atoms with Crippen LogP contribution in [0.3, 0.4) is 0 Å². The summed E-state index contributed by atoms with van der Waals surface area (Å²) >= 11 is 0. The summed E-state index contributed by atoms with van der Waals surface area (Å²) < 4.78 is 29.4. The number of likely N-dealkylation sites (N-methyl/N-ethyl adjacent to an activating group) is 1. The van der Waals surface area contributed by atoms with E-state index >= 15 is 4.39 Å². The number of primary amides is 1. The summed E-state index contributed by atoms with van der Waals surface area (Å²) in [6, 6.07) is 7.35. The number of halogens is 1. The summed E-state index contributed by atoms with van der Waals surface area (Å²) in [6.45, 7) is -0.0999. The molecule has 1 aliphatic rings. The predicted molar refractivity (Wildman–Crippen MR) is 158 cm³/mol. The summed E-state index contributed by atoms with van der Waals surface area (Å²) in [5.74, 6) is -0.317. The molecule has 0 spiro atoms. The van der Waals surface area contributed by atoms with E-state index in [4.69, 9.17) is 4.74 Å². The zero-order chi connectivity index (χ0) is 30.8. The first-order valence-corrected chi connectivity index (χ1v) is 13.7. The smallest absolute Gasteiger partial charge is 0.404 e. The van der Waals surface area contributed by atoms with Gasteiger partial charge in [0.25, 0.3) is 5.91 Å². The molecule has 226 valence electrons. The van der Waals surface area contributed by atoms with Gasteiger partial charge in [0.1, 0.15) is 11.4 Å². The van der Waals surface area contributed by atoms with Crippen LogP contribution < -0.4 is 21.5 Å². The molecule has 0 radical (unpaired) electrons. The second kappa shape index (κ2) is 12.0. The molecule has 1 aromatic carbocycles. The van der Waals surface area contributed by atoms with Crippen molar-refractivity contribution in [1.29, 1.82) is 0 Å². The predicted octanol–water partition coefficient (Wildman–Crippen LogP) is 3.37. The largest absolute Gasteiger partial charge is 0.484 e. The molecule has 4 N–H and O–H groups in total. The lowest BCUT2D eigenvalue weighted by molar-refractivity contribution is -0.122. The molecular weight excluding hydrogens is 559 g/mol. The zero-order valence-electron chi connectivity index (χ0n) is 24.3. The number of rotatable bonds is 6. The number of pyridine rings is 1. The third-order valence-electron chi connectivity index (χ3n) is 7.61. The van der Waals surface area contributed by atoms with Crippen molar-refractivity contribution in [2.75, 3.05) is 20.8 Å². The summed E-state index contributed by atoms with van der Waals surface area (Å²) in [6.07, 6.45) is 6.59. The summed E-state index contributed by atoms with van der Waals surface area (Å²) in [5, 5.41) is 7.19. The van der Waals surface area contributed by atoms with Gasteiger partial charge in [0.15, 0.2) is 6.61 Å². The third kappa shape index (κ3) is 5.55. The van der Waals surface area contributed by atoms with Crippen molar-refractivity contribution in [3.05, 3.63) is 53.1 Å². The van der Waals surface area contributed by atoms with E-state index in [0.717, 1.165) is 53.2 Å².